The molecule has 2 heterocycles. The maximum Gasteiger partial charge on any atom is 0.243 e. The molecule has 0 fully saturated rings. The van der Waals surface area contributed by atoms with Gasteiger partial charge in [-0.1, -0.05) is 72.4 Å². The van der Waals surface area contributed by atoms with Crippen molar-refractivity contribution in [1.82, 2.24) is 14.6 Å². The van der Waals surface area contributed by atoms with Crippen molar-refractivity contribution in [3.05, 3.63) is 78.4 Å². The van der Waals surface area contributed by atoms with Gasteiger partial charge >= 0.3 is 0 Å². The number of hydrogen-bond donors (Lipinski definition) is 0. The van der Waals surface area contributed by atoms with Crippen LogP contribution in [0.15, 0.2) is 77.8 Å². The molecule has 0 radical (unpaired) electrons. The number of benzene rings is 2. The summed E-state index contributed by atoms with van der Waals surface area (Å²) in [6.07, 6.45) is 0. The average molecular weight is 361 g/mol. The molecular formula is C21H19N3OS. The van der Waals surface area contributed by atoms with E-state index in [2.05, 4.69) is 24.3 Å². The van der Waals surface area contributed by atoms with Crippen molar-refractivity contribution in [3.63, 3.8) is 0 Å². The van der Waals surface area contributed by atoms with Gasteiger partial charge in [0, 0.05) is 11.3 Å². The van der Waals surface area contributed by atoms with Crippen molar-refractivity contribution in [2.45, 2.75) is 17.7 Å². The van der Waals surface area contributed by atoms with E-state index >= 15 is 0 Å². The molecule has 4 aromatic rings. The number of nitrogens with zero attached hydrogens (tertiary/aromatic N) is 3. The monoisotopic (exact) mass is 361 g/mol. The zero-order chi connectivity index (χ0) is 17.8. The van der Waals surface area contributed by atoms with Crippen LogP contribution < -0.4 is 4.74 Å². The van der Waals surface area contributed by atoms with Gasteiger partial charge < -0.3 is 4.74 Å². The van der Waals surface area contributed by atoms with Gasteiger partial charge in [-0.25, -0.2) is 4.98 Å². The van der Waals surface area contributed by atoms with Gasteiger partial charge in [0.05, 0.1) is 6.61 Å². The SMILES string of the molecule is CCOc1c(-c2ccccc2)nc2ccc(SCc3ccccc3)nn12. The fourth-order valence-corrected chi connectivity index (χ4v) is 3.57. The highest BCUT2D eigenvalue weighted by Gasteiger charge is 2.16. The Morgan fingerprint density at radius 3 is 2.38 bits per heavy atom. The normalized spacial score (nSPS) is 11.0. The van der Waals surface area contributed by atoms with E-state index in [1.54, 1.807) is 16.3 Å². The highest BCUT2D eigenvalue weighted by atomic mass is 32.2. The van der Waals surface area contributed by atoms with E-state index < -0.39 is 0 Å². The molecule has 0 amide bonds. The summed E-state index contributed by atoms with van der Waals surface area (Å²) >= 11 is 1.70. The van der Waals surface area contributed by atoms with Crippen molar-refractivity contribution in [2.24, 2.45) is 0 Å². The Morgan fingerprint density at radius 1 is 0.923 bits per heavy atom. The molecule has 0 atom stereocenters. The Balaban J connectivity index is 1.69. The lowest BCUT2D eigenvalue weighted by Crippen LogP contribution is -2.00. The third-order valence-corrected chi connectivity index (χ3v) is 4.96. The molecule has 2 aromatic heterocycles. The van der Waals surface area contributed by atoms with Gasteiger partial charge in [-0.2, -0.15) is 9.61 Å². The maximum atomic E-state index is 5.89. The molecule has 0 aliphatic rings. The average Bonchev–Trinajstić information content (AvgIpc) is 3.06. The molecule has 130 valence electrons. The summed E-state index contributed by atoms with van der Waals surface area (Å²) < 4.78 is 7.70. The Hall–Kier alpha value is -2.79. The van der Waals surface area contributed by atoms with Crippen LogP contribution in [0, 0.1) is 0 Å². The second-order valence-corrected chi connectivity index (χ2v) is 6.78. The molecular weight excluding hydrogens is 342 g/mol. The van der Waals surface area contributed by atoms with Crippen molar-refractivity contribution in [3.8, 4) is 17.1 Å². The largest absolute Gasteiger partial charge is 0.476 e. The Morgan fingerprint density at radius 2 is 1.65 bits per heavy atom. The van der Waals surface area contributed by atoms with Crippen molar-refractivity contribution in [2.75, 3.05) is 6.61 Å². The predicted octanol–water partition coefficient (Wildman–Crippen LogP) is 5.09. The van der Waals surface area contributed by atoms with Gasteiger partial charge in [-0.3, -0.25) is 0 Å². The first-order valence-electron chi connectivity index (χ1n) is 8.60. The summed E-state index contributed by atoms with van der Waals surface area (Å²) in [6, 6.07) is 24.5. The van der Waals surface area contributed by atoms with Gasteiger partial charge in [-0.05, 0) is 24.6 Å². The predicted molar refractivity (Wildman–Crippen MR) is 106 cm³/mol. The van der Waals surface area contributed by atoms with Crippen molar-refractivity contribution in [1.29, 1.82) is 0 Å². The third kappa shape index (κ3) is 3.44. The number of ether oxygens (including phenoxy) is 1. The number of thioether (sulfide) groups is 1. The third-order valence-electron chi connectivity index (χ3n) is 3.97. The van der Waals surface area contributed by atoms with Gasteiger partial charge in [-0.15, -0.1) is 0 Å². The van der Waals surface area contributed by atoms with E-state index in [0.717, 1.165) is 27.7 Å². The van der Waals surface area contributed by atoms with E-state index in [1.165, 1.54) is 5.56 Å². The first-order valence-corrected chi connectivity index (χ1v) is 9.58. The van der Waals surface area contributed by atoms with Crippen LogP contribution in [-0.4, -0.2) is 21.2 Å². The molecule has 0 aliphatic carbocycles. The molecule has 0 saturated heterocycles. The van der Waals surface area contributed by atoms with E-state index in [1.807, 2.05) is 55.5 Å². The van der Waals surface area contributed by atoms with Crippen LogP contribution in [0.3, 0.4) is 0 Å². The fraction of sp³-hybridized carbons (Fsp3) is 0.143. The molecule has 0 aliphatic heterocycles. The van der Waals surface area contributed by atoms with Crippen LogP contribution in [0.25, 0.3) is 16.9 Å². The highest BCUT2D eigenvalue weighted by Crippen LogP contribution is 2.31. The molecule has 4 rings (SSSR count). The molecule has 0 unspecified atom stereocenters. The minimum atomic E-state index is 0.566. The number of hydrogen-bond acceptors (Lipinski definition) is 4. The number of imidazole rings is 1. The van der Waals surface area contributed by atoms with E-state index in [0.29, 0.717) is 12.5 Å². The first kappa shape index (κ1) is 16.7. The second-order valence-electron chi connectivity index (χ2n) is 5.78. The summed E-state index contributed by atoms with van der Waals surface area (Å²) in [5.41, 5.74) is 3.92. The molecule has 26 heavy (non-hydrogen) atoms. The Kier molecular flexibility index (Phi) is 4.88. The van der Waals surface area contributed by atoms with Crippen molar-refractivity contribution >= 4 is 17.4 Å². The molecule has 0 saturated carbocycles. The van der Waals surface area contributed by atoms with E-state index in [9.17, 15) is 0 Å². The van der Waals surface area contributed by atoms with Gasteiger partial charge in [0.15, 0.2) is 5.65 Å². The number of aromatic nitrogens is 3. The number of rotatable bonds is 6. The Bertz CT molecular complexity index is 1000. The first-order chi connectivity index (χ1) is 12.8. The van der Waals surface area contributed by atoms with Crippen LogP contribution in [0.2, 0.25) is 0 Å². The molecule has 4 nitrogen and oxygen atoms in total. The molecule has 0 spiro atoms. The summed E-state index contributed by atoms with van der Waals surface area (Å²) in [4.78, 5) is 4.73. The van der Waals surface area contributed by atoms with Gasteiger partial charge in [0.2, 0.25) is 5.88 Å². The number of fused-ring (bicyclic) bond motifs is 1. The minimum absolute atomic E-state index is 0.566. The lowest BCUT2D eigenvalue weighted by atomic mass is 10.2. The summed E-state index contributed by atoms with van der Waals surface area (Å²) in [6.45, 7) is 2.54. The highest BCUT2D eigenvalue weighted by molar-refractivity contribution is 7.98. The van der Waals surface area contributed by atoms with Crippen LogP contribution in [0.4, 0.5) is 0 Å². The lowest BCUT2D eigenvalue weighted by molar-refractivity contribution is 0.319. The van der Waals surface area contributed by atoms with Crippen LogP contribution >= 0.6 is 11.8 Å². The lowest BCUT2D eigenvalue weighted by Gasteiger charge is -2.06. The zero-order valence-corrected chi connectivity index (χ0v) is 15.3. The quantitative estimate of drug-likeness (QED) is 0.449. The molecule has 5 heteroatoms. The summed E-state index contributed by atoms with van der Waals surface area (Å²) in [7, 11) is 0. The molecule has 0 bridgehead atoms. The van der Waals surface area contributed by atoms with E-state index in [4.69, 9.17) is 14.8 Å². The zero-order valence-electron chi connectivity index (χ0n) is 14.5. The Labute approximate surface area is 156 Å². The topological polar surface area (TPSA) is 39.4 Å². The van der Waals surface area contributed by atoms with Gasteiger partial charge in [0.1, 0.15) is 10.7 Å². The molecule has 0 N–H and O–H groups in total. The smallest absolute Gasteiger partial charge is 0.243 e. The standard InChI is InChI=1S/C21H19N3OS/c1-2-25-21-20(17-11-7-4-8-12-17)22-18-13-14-19(23-24(18)21)26-15-16-9-5-3-6-10-16/h3-14H,2,15H2,1H3. The van der Waals surface area contributed by atoms with Gasteiger partial charge in [0.25, 0.3) is 0 Å². The van der Waals surface area contributed by atoms with Crippen LogP contribution in [0.1, 0.15) is 12.5 Å². The van der Waals surface area contributed by atoms with Crippen LogP contribution in [0.5, 0.6) is 5.88 Å². The van der Waals surface area contributed by atoms with E-state index in [-0.39, 0.29) is 0 Å². The fourth-order valence-electron chi connectivity index (χ4n) is 2.76. The van der Waals surface area contributed by atoms with Crippen molar-refractivity contribution < 1.29 is 4.74 Å². The summed E-state index contributed by atoms with van der Waals surface area (Å²) in [5, 5.41) is 5.69. The van der Waals surface area contributed by atoms with Crippen LogP contribution in [-0.2, 0) is 5.75 Å². The second kappa shape index (κ2) is 7.62. The minimum Gasteiger partial charge on any atom is -0.476 e. The molecule has 2 aromatic carbocycles. The maximum absolute atomic E-state index is 5.89. The summed E-state index contributed by atoms with van der Waals surface area (Å²) in [5.74, 6) is 1.57.